The van der Waals surface area contributed by atoms with Crippen LogP contribution in [0.5, 0.6) is 5.75 Å². The minimum atomic E-state index is 0.795. The molecule has 0 spiro atoms. The number of halogens is 1. The number of ether oxygens (including phenoxy) is 1. The van der Waals surface area contributed by atoms with E-state index in [1.54, 1.807) is 7.11 Å². The van der Waals surface area contributed by atoms with E-state index >= 15 is 0 Å². The third kappa shape index (κ3) is 4.26. The Bertz CT molecular complexity index is 569. The number of rotatable bonds is 6. The zero-order valence-electron chi connectivity index (χ0n) is 11.9. The summed E-state index contributed by atoms with van der Waals surface area (Å²) in [7, 11) is 1.69. The predicted molar refractivity (Wildman–Crippen MR) is 84.6 cm³/mol. The average molecular weight is 290 g/mol. The second-order valence-electron chi connectivity index (χ2n) is 4.87. The van der Waals surface area contributed by atoms with Gasteiger partial charge in [0.2, 0.25) is 0 Å². The van der Waals surface area contributed by atoms with Gasteiger partial charge in [0.05, 0.1) is 7.11 Å². The molecule has 0 fully saturated rings. The molecule has 0 amide bonds. The van der Waals surface area contributed by atoms with Crippen molar-refractivity contribution in [3.8, 4) is 5.75 Å². The van der Waals surface area contributed by atoms with Crippen LogP contribution in [0.25, 0.3) is 0 Å². The van der Waals surface area contributed by atoms with Gasteiger partial charge < -0.3 is 10.1 Å². The lowest BCUT2D eigenvalue weighted by Crippen LogP contribution is -2.16. The third-order valence-corrected chi connectivity index (χ3v) is 3.60. The maximum absolute atomic E-state index is 6.21. The monoisotopic (exact) mass is 289 g/mol. The topological polar surface area (TPSA) is 21.3 Å². The molecule has 0 heterocycles. The Balaban J connectivity index is 1.81. The summed E-state index contributed by atoms with van der Waals surface area (Å²) in [6.45, 7) is 3.76. The van der Waals surface area contributed by atoms with Gasteiger partial charge >= 0.3 is 0 Å². The van der Waals surface area contributed by atoms with Crippen molar-refractivity contribution >= 4 is 11.6 Å². The van der Waals surface area contributed by atoms with Crippen molar-refractivity contribution in [1.29, 1.82) is 0 Å². The minimum absolute atomic E-state index is 0.795. The van der Waals surface area contributed by atoms with Crippen LogP contribution in [0, 0.1) is 6.92 Å². The number of methoxy groups -OCH3 is 1. The molecule has 0 aliphatic carbocycles. The zero-order valence-corrected chi connectivity index (χ0v) is 12.7. The molecule has 0 atom stereocenters. The molecule has 0 aromatic heterocycles. The van der Waals surface area contributed by atoms with Crippen molar-refractivity contribution in [3.05, 3.63) is 64.2 Å². The van der Waals surface area contributed by atoms with Crippen LogP contribution in [0.1, 0.15) is 16.7 Å². The first-order chi connectivity index (χ1) is 9.69. The highest BCUT2D eigenvalue weighted by Crippen LogP contribution is 2.17. The number of nitrogens with one attached hydrogen (secondary N) is 1. The second-order valence-corrected chi connectivity index (χ2v) is 5.28. The Morgan fingerprint density at radius 2 is 2.00 bits per heavy atom. The molecule has 0 aliphatic rings. The van der Waals surface area contributed by atoms with Crippen molar-refractivity contribution in [2.75, 3.05) is 13.7 Å². The molecular formula is C17H20ClNO. The highest BCUT2D eigenvalue weighted by molar-refractivity contribution is 6.31. The SMILES string of the molecule is COc1cccc(CCNCc2ccc(C)cc2Cl)c1. The number of aryl methyl sites for hydroxylation is 1. The van der Waals surface area contributed by atoms with Crippen LogP contribution >= 0.6 is 11.6 Å². The van der Waals surface area contributed by atoms with E-state index in [4.69, 9.17) is 16.3 Å². The van der Waals surface area contributed by atoms with E-state index in [-0.39, 0.29) is 0 Å². The summed E-state index contributed by atoms with van der Waals surface area (Å²) in [5, 5.41) is 4.25. The summed E-state index contributed by atoms with van der Waals surface area (Å²) in [6.07, 6.45) is 0.973. The molecule has 1 N–H and O–H groups in total. The Morgan fingerprint density at radius 3 is 2.75 bits per heavy atom. The predicted octanol–water partition coefficient (Wildman–Crippen LogP) is 3.99. The highest BCUT2D eigenvalue weighted by atomic mass is 35.5. The lowest BCUT2D eigenvalue weighted by molar-refractivity contribution is 0.414. The Morgan fingerprint density at radius 1 is 1.15 bits per heavy atom. The number of hydrogen-bond acceptors (Lipinski definition) is 2. The first kappa shape index (κ1) is 14.9. The largest absolute Gasteiger partial charge is 0.497 e. The van der Waals surface area contributed by atoms with E-state index in [9.17, 15) is 0 Å². The molecule has 0 unspecified atom stereocenters. The molecule has 2 nitrogen and oxygen atoms in total. The van der Waals surface area contributed by atoms with Gasteiger partial charge in [-0.3, -0.25) is 0 Å². The molecule has 0 bridgehead atoms. The highest BCUT2D eigenvalue weighted by Gasteiger charge is 2.00. The summed E-state index contributed by atoms with van der Waals surface area (Å²) < 4.78 is 5.22. The van der Waals surface area contributed by atoms with Crippen LogP contribution in [-0.2, 0) is 13.0 Å². The molecule has 3 heteroatoms. The quantitative estimate of drug-likeness (QED) is 0.812. The van der Waals surface area contributed by atoms with Crippen LogP contribution in [-0.4, -0.2) is 13.7 Å². The van der Waals surface area contributed by atoms with E-state index < -0.39 is 0 Å². The average Bonchev–Trinajstić information content (AvgIpc) is 2.45. The van der Waals surface area contributed by atoms with Crippen LogP contribution in [0.3, 0.4) is 0 Å². The Hall–Kier alpha value is -1.51. The van der Waals surface area contributed by atoms with Crippen molar-refractivity contribution in [3.63, 3.8) is 0 Å². The maximum Gasteiger partial charge on any atom is 0.119 e. The van der Waals surface area contributed by atoms with Gasteiger partial charge in [0.15, 0.2) is 0 Å². The van der Waals surface area contributed by atoms with E-state index in [2.05, 4.69) is 29.6 Å². The lowest BCUT2D eigenvalue weighted by atomic mass is 10.1. The van der Waals surface area contributed by atoms with Gasteiger partial charge in [0, 0.05) is 11.6 Å². The van der Waals surface area contributed by atoms with Crippen LogP contribution in [0.4, 0.5) is 0 Å². The van der Waals surface area contributed by atoms with E-state index in [0.29, 0.717) is 0 Å². The van der Waals surface area contributed by atoms with Gasteiger partial charge in [-0.2, -0.15) is 0 Å². The number of benzene rings is 2. The maximum atomic E-state index is 6.21. The third-order valence-electron chi connectivity index (χ3n) is 3.25. The van der Waals surface area contributed by atoms with E-state index in [1.165, 1.54) is 11.1 Å². The molecule has 0 radical (unpaired) electrons. The van der Waals surface area contributed by atoms with Crippen molar-refractivity contribution in [2.45, 2.75) is 19.9 Å². The molecule has 0 aliphatic heterocycles. The van der Waals surface area contributed by atoms with Gasteiger partial charge in [-0.05, 0) is 54.8 Å². The van der Waals surface area contributed by atoms with Gasteiger partial charge in [0.25, 0.3) is 0 Å². The molecule has 0 saturated carbocycles. The Kier molecular flexibility index (Phi) is 5.45. The second kappa shape index (κ2) is 7.32. The van der Waals surface area contributed by atoms with Gasteiger partial charge in [-0.15, -0.1) is 0 Å². The van der Waals surface area contributed by atoms with Crippen LogP contribution in [0.2, 0.25) is 5.02 Å². The first-order valence-electron chi connectivity index (χ1n) is 6.77. The molecule has 0 saturated heterocycles. The fourth-order valence-corrected chi connectivity index (χ4v) is 2.38. The molecule has 2 rings (SSSR count). The molecule has 106 valence electrons. The van der Waals surface area contributed by atoms with E-state index in [1.807, 2.05) is 25.1 Å². The van der Waals surface area contributed by atoms with Gasteiger partial charge in [-0.1, -0.05) is 35.9 Å². The molecule has 20 heavy (non-hydrogen) atoms. The van der Waals surface area contributed by atoms with Crippen LogP contribution in [0.15, 0.2) is 42.5 Å². The zero-order chi connectivity index (χ0) is 14.4. The summed E-state index contributed by atoms with van der Waals surface area (Å²) in [4.78, 5) is 0. The summed E-state index contributed by atoms with van der Waals surface area (Å²) in [6, 6.07) is 14.3. The minimum Gasteiger partial charge on any atom is -0.497 e. The van der Waals surface area contributed by atoms with Gasteiger partial charge in [0.1, 0.15) is 5.75 Å². The fraction of sp³-hybridized carbons (Fsp3) is 0.294. The summed E-state index contributed by atoms with van der Waals surface area (Å²) in [5.41, 5.74) is 3.60. The van der Waals surface area contributed by atoms with Crippen molar-refractivity contribution < 1.29 is 4.74 Å². The lowest BCUT2D eigenvalue weighted by Gasteiger charge is -2.08. The standard InChI is InChI=1S/C17H20ClNO/c1-13-6-7-15(17(18)10-13)12-19-9-8-14-4-3-5-16(11-14)20-2/h3-7,10-11,19H,8-9,12H2,1-2H3. The molecule has 2 aromatic rings. The van der Waals surface area contributed by atoms with Gasteiger partial charge in [-0.25, -0.2) is 0 Å². The first-order valence-corrected chi connectivity index (χ1v) is 7.15. The van der Waals surface area contributed by atoms with Crippen molar-refractivity contribution in [1.82, 2.24) is 5.32 Å². The fourth-order valence-electron chi connectivity index (χ4n) is 2.08. The normalized spacial score (nSPS) is 10.6. The van der Waals surface area contributed by atoms with E-state index in [0.717, 1.165) is 35.8 Å². The molecule has 2 aromatic carbocycles. The van der Waals surface area contributed by atoms with Crippen LogP contribution < -0.4 is 10.1 Å². The Labute approximate surface area is 125 Å². The number of hydrogen-bond donors (Lipinski definition) is 1. The smallest absolute Gasteiger partial charge is 0.119 e. The molecular weight excluding hydrogens is 270 g/mol. The summed E-state index contributed by atoms with van der Waals surface area (Å²) >= 11 is 6.21. The van der Waals surface area contributed by atoms with Crippen molar-refractivity contribution in [2.24, 2.45) is 0 Å². The summed E-state index contributed by atoms with van der Waals surface area (Å²) in [5.74, 6) is 0.907.